The van der Waals surface area contributed by atoms with Crippen molar-refractivity contribution in [3.05, 3.63) is 24.1 Å². The summed E-state index contributed by atoms with van der Waals surface area (Å²) in [5.41, 5.74) is 0. The average Bonchev–Trinajstić information content (AvgIpc) is 2.33. The molecule has 1 aliphatic rings. The molecule has 0 unspecified atom stereocenters. The van der Waals surface area contributed by atoms with E-state index < -0.39 is 0 Å². The van der Waals surface area contributed by atoms with Crippen LogP contribution in [0.3, 0.4) is 0 Å². The summed E-state index contributed by atoms with van der Waals surface area (Å²) in [5, 5.41) is 12.0. The zero-order valence-electron chi connectivity index (χ0n) is 9.89. The predicted molar refractivity (Wildman–Crippen MR) is 74.1 cm³/mol. The van der Waals surface area contributed by atoms with E-state index in [0.717, 1.165) is 0 Å². The van der Waals surface area contributed by atoms with Gasteiger partial charge in [-0.2, -0.15) is 12.6 Å². The van der Waals surface area contributed by atoms with E-state index in [4.69, 9.17) is 5.11 Å². The topological polar surface area (TPSA) is 35.5 Å². The van der Waals surface area contributed by atoms with Crippen LogP contribution in [0, 0.1) is 12.5 Å². The highest BCUT2D eigenvalue weighted by molar-refractivity contribution is 7.83. The molecule has 0 aromatic rings. The molecular weight excluding hydrogens is 220 g/mol. The maximum absolute atomic E-state index is 7.10. The SMILES string of the molecule is C#CO.C=C/C=C\S.CCN1CCNCC1. The molecule has 1 fully saturated rings. The molecule has 0 aromatic carbocycles. The lowest BCUT2D eigenvalue weighted by molar-refractivity contribution is 0.253. The first kappa shape index (κ1) is 17.5. The molecule has 0 atom stereocenters. The molecule has 0 aromatic heterocycles. The van der Waals surface area contributed by atoms with Gasteiger partial charge in [-0.05, 0) is 12.0 Å². The van der Waals surface area contributed by atoms with Gasteiger partial charge in [0.25, 0.3) is 0 Å². The lowest BCUT2D eigenvalue weighted by Gasteiger charge is -2.25. The standard InChI is InChI=1S/C6H14N2.C4H6S.C2H2O/c1-2-8-5-3-7-4-6-8;1-2-3-4-5;1-2-3/h7H,2-6H2,1H3;2-5H,1H2;1,3H/b;4-3-;. The van der Waals surface area contributed by atoms with Crippen molar-refractivity contribution in [2.45, 2.75) is 6.92 Å². The number of thiol groups is 1. The number of terminal acetylenes is 1. The van der Waals surface area contributed by atoms with E-state index >= 15 is 0 Å². The van der Waals surface area contributed by atoms with Crippen LogP contribution in [0.25, 0.3) is 0 Å². The van der Waals surface area contributed by atoms with E-state index in [1.54, 1.807) is 17.6 Å². The summed E-state index contributed by atoms with van der Waals surface area (Å²) in [6, 6.07) is 0. The van der Waals surface area contributed by atoms with Crippen molar-refractivity contribution in [3.8, 4) is 12.5 Å². The first-order valence-corrected chi connectivity index (χ1v) is 5.72. The minimum Gasteiger partial charge on any atom is -0.462 e. The number of aliphatic hydroxyl groups excluding tert-OH is 1. The number of piperazine rings is 1. The quantitative estimate of drug-likeness (QED) is 0.390. The molecule has 92 valence electrons. The number of likely N-dealkylation sites (N-methyl/N-ethyl adjacent to an activating group) is 1. The van der Waals surface area contributed by atoms with Gasteiger partial charge in [0, 0.05) is 26.2 Å². The van der Waals surface area contributed by atoms with Gasteiger partial charge in [-0.1, -0.05) is 32.1 Å². The van der Waals surface area contributed by atoms with Gasteiger partial charge < -0.3 is 15.3 Å². The number of aliphatic hydroxyl groups is 1. The number of nitrogens with one attached hydrogen (secondary N) is 1. The summed E-state index contributed by atoms with van der Waals surface area (Å²) in [7, 11) is 0. The van der Waals surface area contributed by atoms with Gasteiger partial charge in [0.2, 0.25) is 0 Å². The second kappa shape index (κ2) is 16.5. The molecule has 3 nitrogen and oxygen atoms in total. The smallest absolute Gasteiger partial charge is 0.103 e. The Morgan fingerprint density at radius 2 is 2.06 bits per heavy atom. The predicted octanol–water partition coefficient (Wildman–Crippen LogP) is 1.48. The van der Waals surface area contributed by atoms with Gasteiger partial charge in [0.05, 0.1) is 0 Å². The Hall–Kier alpha value is -0.890. The Morgan fingerprint density at radius 1 is 1.56 bits per heavy atom. The van der Waals surface area contributed by atoms with Crippen LogP contribution in [0.5, 0.6) is 0 Å². The van der Waals surface area contributed by atoms with Crippen molar-refractivity contribution in [3.63, 3.8) is 0 Å². The summed E-state index contributed by atoms with van der Waals surface area (Å²) in [6.45, 7) is 11.7. The molecular formula is C12H22N2OS. The first-order valence-electron chi connectivity index (χ1n) is 5.21. The summed E-state index contributed by atoms with van der Waals surface area (Å²) >= 11 is 3.75. The molecule has 1 aliphatic heterocycles. The van der Waals surface area contributed by atoms with Crippen molar-refractivity contribution in [2.75, 3.05) is 32.7 Å². The zero-order valence-corrected chi connectivity index (χ0v) is 10.8. The number of rotatable bonds is 2. The van der Waals surface area contributed by atoms with E-state index in [1.807, 2.05) is 0 Å². The summed E-state index contributed by atoms with van der Waals surface area (Å²) in [4.78, 5) is 2.45. The fourth-order valence-corrected chi connectivity index (χ4v) is 1.21. The van der Waals surface area contributed by atoms with Gasteiger partial charge in [0.1, 0.15) is 6.11 Å². The van der Waals surface area contributed by atoms with Crippen molar-refractivity contribution < 1.29 is 5.11 Å². The van der Waals surface area contributed by atoms with Crippen molar-refractivity contribution >= 4 is 12.6 Å². The summed E-state index contributed by atoms with van der Waals surface area (Å²) in [6.07, 6.45) is 8.83. The Bertz CT molecular complexity index is 206. The average molecular weight is 242 g/mol. The van der Waals surface area contributed by atoms with E-state index in [9.17, 15) is 0 Å². The normalized spacial score (nSPS) is 15.1. The monoisotopic (exact) mass is 242 g/mol. The molecule has 0 amide bonds. The van der Waals surface area contributed by atoms with Crippen molar-refractivity contribution in [1.82, 2.24) is 10.2 Å². The highest BCUT2D eigenvalue weighted by Crippen LogP contribution is 1.88. The van der Waals surface area contributed by atoms with Crippen molar-refractivity contribution in [1.29, 1.82) is 0 Å². The van der Waals surface area contributed by atoms with Crippen LogP contribution in [0.15, 0.2) is 24.1 Å². The highest BCUT2D eigenvalue weighted by atomic mass is 32.1. The third kappa shape index (κ3) is 15.6. The molecule has 0 spiro atoms. The van der Waals surface area contributed by atoms with Gasteiger partial charge in [-0.25, -0.2) is 0 Å². The Labute approximate surface area is 105 Å². The molecule has 1 heterocycles. The third-order valence-electron chi connectivity index (χ3n) is 1.88. The molecule has 0 saturated carbocycles. The van der Waals surface area contributed by atoms with E-state index in [-0.39, 0.29) is 0 Å². The Kier molecular flexibility index (Phi) is 18.1. The van der Waals surface area contributed by atoms with Crippen LogP contribution < -0.4 is 5.32 Å². The summed E-state index contributed by atoms with van der Waals surface area (Å²) in [5.74, 6) is 0. The van der Waals surface area contributed by atoms with Crippen LogP contribution >= 0.6 is 12.6 Å². The number of allylic oxidation sites excluding steroid dienone is 2. The molecule has 1 saturated heterocycles. The zero-order chi connectivity index (χ0) is 12.6. The van der Waals surface area contributed by atoms with Crippen LogP contribution in [-0.4, -0.2) is 42.7 Å². The van der Waals surface area contributed by atoms with Crippen LogP contribution in [0.1, 0.15) is 6.92 Å². The number of nitrogens with zero attached hydrogens (tertiary/aromatic N) is 1. The van der Waals surface area contributed by atoms with Gasteiger partial charge in [-0.15, -0.1) is 0 Å². The minimum atomic E-state index is 1.17. The van der Waals surface area contributed by atoms with Gasteiger partial charge >= 0.3 is 0 Å². The molecule has 0 radical (unpaired) electrons. The maximum Gasteiger partial charge on any atom is 0.103 e. The molecule has 2 N–H and O–H groups in total. The first-order chi connectivity index (χ1) is 7.76. The molecule has 1 rings (SSSR count). The third-order valence-corrected chi connectivity index (χ3v) is 2.05. The fraction of sp³-hybridized carbons (Fsp3) is 0.500. The number of hydrogen-bond donors (Lipinski definition) is 3. The molecule has 0 aliphatic carbocycles. The van der Waals surface area contributed by atoms with E-state index in [2.05, 4.69) is 42.8 Å². The Morgan fingerprint density at radius 3 is 2.25 bits per heavy atom. The number of hydrogen-bond acceptors (Lipinski definition) is 4. The molecule has 16 heavy (non-hydrogen) atoms. The van der Waals surface area contributed by atoms with Crippen LogP contribution in [-0.2, 0) is 0 Å². The fourth-order valence-electron chi connectivity index (χ4n) is 1.09. The lowest BCUT2D eigenvalue weighted by atomic mass is 10.4. The molecule has 4 heteroatoms. The second-order valence-electron chi connectivity index (χ2n) is 2.89. The van der Waals surface area contributed by atoms with E-state index in [1.165, 1.54) is 38.8 Å². The van der Waals surface area contributed by atoms with E-state index in [0.29, 0.717) is 0 Å². The van der Waals surface area contributed by atoms with Crippen molar-refractivity contribution in [2.24, 2.45) is 0 Å². The van der Waals surface area contributed by atoms with Crippen LogP contribution in [0.2, 0.25) is 0 Å². The van der Waals surface area contributed by atoms with Gasteiger partial charge in [0.15, 0.2) is 0 Å². The second-order valence-corrected chi connectivity index (χ2v) is 3.19. The maximum atomic E-state index is 7.10. The lowest BCUT2D eigenvalue weighted by Crippen LogP contribution is -2.43. The minimum absolute atomic E-state index is 1.17. The van der Waals surface area contributed by atoms with Gasteiger partial charge in [-0.3, -0.25) is 0 Å². The largest absolute Gasteiger partial charge is 0.462 e. The highest BCUT2D eigenvalue weighted by Gasteiger charge is 2.04. The Balaban J connectivity index is 0. The molecule has 0 bridgehead atoms. The summed E-state index contributed by atoms with van der Waals surface area (Å²) < 4.78 is 0. The van der Waals surface area contributed by atoms with Crippen LogP contribution in [0.4, 0.5) is 0 Å².